The number of thioether (sulfide) groups is 1. The van der Waals surface area contributed by atoms with E-state index in [2.05, 4.69) is 15.5 Å². The summed E-state index contributed by atoms with van der Waals surface area (Å²) in [7, 11) is 1.78. The fourth-order valence-electron chi connectivity index (χ4n) is 4.01. The van der Waals surface area contributed by atoms with Crippen LogP contribution in [0, 0.1) is 12.7 Å². The van der Waals surface area contributed by atoms with E-state index in [4.69, 9.17) is 0 Å². The molecule has 0 bridgehead atoms. The van der Waals surface area contributed by atoms with Crippen LogP contribution >= 0.6 is 11.8 Å². The maximum absolute atomic E-state index is 14.3. The van der Waals surface area contributed by atoms with Gasteiger partial charge in [0.15, 0.2) is 11.0 Å². The van der Waals surface area contributed by atoms with E-state index in [9.17, 15) is 14.0 Å². The summed E-state index contributed by atoms with van der Waals surface area (Å²) in [6, 6.07) is 16.1. The number of hydrogen-bond donors (Lipinski definition) is 1. The standard InChI is InChI=1S/C25H25FN6O2S/c1-16-22(24(34)32(30(16)2)18-8-4-3-5-9-18)27-21(33)14-15-35-25-29-28-23(31(25)17-12-13-17)19-10-6-7-11-20(19)26/h3-11,17H,12-15H2,1-2H3,(H,27,33). The Kier molecular flexibility index (Phi) is 6.29. The summed E-state index contributed by atoms with van der Waals surface area (Å²) in [5.74, 6) is 0.374. The molecule has 0 unspecified atom stereocenters. The van der Waals surface area contributed by atoms with Crippen molar-refractivity contribution < 1.29 is 9.18 Å². The quantitative estimate of drug-likeness (QED) is 0.370. The van der Waals surface area contributed by atoms with E-state index in [0.717, 1.165) is 18.5 Å². The van der Waals surface area contributed by atoms with Gasteiger partial charge in [-0.05, 0) is 44.0 Å². The molecule has 0 aliphatic heterocycles. The summed E-state index contributed by atoms with van der Waals surface area (Å²) in [4.78, 5) is 25.7. The van der Waals surface area contributed by atoms with Crippen LogP contribution in [0.5, 0.6) is 0 Å². The van der Waals surface area contributed by atoms with Gasteiger partial charge in [-0.2, -0.15) is 0 Å². The molecule has 1 N–H and O–H groups in total. The predicted octanol–water partition coefficient (Wildman–Crippen LogP) is 4.34. The first kappa shape index (κ1) is 23.1. The van der Waals surface area contributed by atoms with Gasteiger partial charge in [-0.25, -0.2) is 9.07 Å². The van der Waals surface area contributed by atoms with Gasteiger partial charge >= 0.3 is 0 Å². The number of benzene rings is 2. The Morgan fingerprint density at radius 2 is 1.83 bits per heavy atom. The number of aromatic nitrogens is 5. The molecule has 2 aromatic carbocycles. The molecule has 1 aliphatic carbocycles. The van der Waals surface area contributed by atoms with Crippen LogP contribution in [0.3, 0.4) is 0 Å². The topological polar surface area (TPSA) is 86.7 Å². The molecule has 1 amide bonds. The molecule has 2 aromatic heterocycles. The Morgan fingerprint density at radius 3 is 2.54 bits per heavy atom. The lowest BCUT2D eigenvalue weighted by Gasteiger charge is -2.09. The van der Waals surface area contributed by atoms with Gasteiger partial charge in [0, 0.05) is 25.3 Å². The highest BCUT2D eigenvalue weighted by molar-refractivity contribution is 7.99. The summed E-state index contributed by atoms with van der Waals surface area (Å²) in [6.45, 7) is 1.80. The van der Waals surface area contributed by atoms with Crippen molar-refractivity contribution in [2.75, 3.05) is 11.1 Å². The lowest BCUT2D eigenvalue weighted by atomic mass is 10.2. The molecule has 10 heteroatoms. The van der Waals surface area contributed by atoms with Crippen LogP contribution in [0.15, 0.2) is 64.5 Å². The second-order valence-electron chi connectivity index (χ2n) is 8.47. The highest BCUT2D eigenvalue weighted by Gasteiger charge is 2.31. The van der Waals surface area contributed by atoms with Gasteiger partial charge in [-0.15, -0.1) is 10.2 Å². The van der Waals surface area contributed by atoms with Crippen LogP contribution in [0.4, 0.5) is 10.1 Å². The number of hydrogen-bond acceptors (Lipinski definition) is 5. The van der Waals surface area contributed by atoms with Gasteiger partial charge in [0.25, 0.3) is 5.56 Å². The Morgan fingerprint density at radius 1 is 1.11 bits per heavy atom. The molecule has 0 radical (unpaired) electrons. The zero-order valence-electron chi connectivity index (χ0n) is 19.4. The molecule has 35 heavy (non-hydrogen) atoms. The van der Waals surface area contributed by atoms with Gasteiger partial charge in [-0.1, -0.05) is 42.1 Å². The Bertz CT molecular complexity index is 1440. The minimum Gasteiger partial charge on any atom is -0.320 e. The minimum atomic E-state index is -0.336. The minimum absolute atomic E-state index is 0.191. The second kappa shape index (κ2) is 9.53. The van der Waals surface area contributed by atoms with E-state index in [0.29, 0.717) is 28.0 Å². The normalized spacial score (nSPS) is 13.2. The van der Waals surface area contributed by atoms with E-state index in [1.54, 1.807) is 36.9 Å². The molecule has 8 nitrogen and oxygen atoms in total. The van der Waals surface area contributed by atoms with E-state index >= 15 is 0 Å². The van der Waals surface area contributed by atoms with Crippen molar-refractivity contribution >= 4 is 23.4 Å². The average Bonchev–Trinajstić information content (AvgIpc) is 3.58. The van der Waals surface area contributed by atoms with E-state index in [1.165, 1.54) is 22.5 Å². The number of carbonyl (C=O) groups is 1. The highest BCUT2D eigenvalue weighted by atomic mass is 32.2. The van der Waals surface area contributed by atoms with Crippen molar-refractivity contribution in [2.45, 2.75) is 37.4 Å². The molecule has 180 valence electrons. The fraction of sp³-hybridized carbons (Fsp3) is 0.280. The number of anilines is 1. The molecule has 4 aromatic rings. The average molecular weight is 493 g/mol. The molecule has 5 rings (SSSR count). The summed E-state index contributed by atoms with van der Waals surface area (Å²) in [5.41, 5.74) is 1.81. The van der Waals surface area contributed by atoms with Crippen LogP contribution in [0.2, 0.25) is 0 Å². The van der Waals surface area contributed by atoms with E-state index in [1.807, 2.05) is 34.9 Å². The van der Waals surface area contributed by atoms with E-state index < -0.39 is 0 Å². The third-order valence-corrected chi connectivity index (χ3v) is 7.02. The first-order valence-electron chi connectivity index (χ1n) is 11.4. The summed E-state index contributed by atoms with van der Waals surface area (Å²) < 4.78 is 19.6. The zero-order valence-corrected chi connectivity index (χ0v) is 20.3. The molecule has 1 saturated carbocycles. The number of para-hydroxylation sites is 1. The molecule has 1 aliphatic rings. The Hall–Kier alpha value is -3.66. The molecule has 1 fully saturated rings. The maximum atomic E-state index is 14.3. The SMILES string of the molecule is Cc1c(NC(=O)CCSc2nnc(-c3ccccc3F)n2C2CC2)c(=O)n(-c2ccccc2)n1C. The summed E-state index contributed by atoms with van der Waals surface area (Å²) >= 11 is 1.41. The highest BCUT2D eigenvalue weighted by Crippen LogP contribution is 2.41. The Balaban J connectivity index is 1.27. The van der Waals surface area contributed by atoms with Crippen LogP contribution in [-0.4, -0.2) is 35.8 Å². The fourth-order valence-corrected chi connectivity index (χ4v) is 4.96. The second-order valence-corrected chi connectivity index (χ2v) is 9.53. The summed E-state index contributed by atoms with van der Waals surface area (Å²) in [6.07, 6.45) is 2.18. The maximum Gasteiger partial charge on any atom is 0.295 e. The van der Waals surface area contributed by atoms with Gasteiger partial charge in [0.2, 0.25) is 5.91 Å². The molecular weight excluding hydrogens is 467 g/mol. The number of rotatable bonds is 8. The van der Waals surface area contributed by atoms with Crippen LogP contribution in [0.1, 0.15) is 31.0 Å². The lowest BCUT2D eigenvalue weighted by molar-refractivity contribution is -0.115. The van der Waals surface area contributed by atoms with Crippen LogP contribution in [0.25, 0.3) is 17.1 Å². The molecule has 0 spiro atoms. The first-order chi connectivity index (χ1) is 17.0. The van der Waals surface area contributed by atoms with Gasteiger partial charge < -0.3 is 5.32 Å². The number of amides is 1. The van der Waals surface area contributed by atoms with Crippen molar-refractivity contribution in [1.82, 2.24) is 24.1 Å². The van der Waals surface area contributed by atoms with Crippen LogP contribution < -0.4 is 10.9 Å². The summed E-state index contributed by atoms with van der Waals surface area (Å²) in [5, 5.41) is 12.0. The van der Waals surface area contributed by atoms with E-state index in [-0.39, 0.29) is 35.4 Å². The number of nitrogens with one attached hydrogen (secondary N) is 1. The van der Waals surface area contributed by atoms with Crippen molar-refractivity contribution in [3.63, 3.8) is 0 Å². The Labute approximate surface area is 205 Å². The third-order valence-electron chi connectivity index (χ3n) is 6.07. The first-order valence-corrected chi connectivity index (χ1v) is 12.4. The lowest BCUT2D eigenvalue weighted by Crippen LogP contribution is -2.23. The molecule has 0 saturated heterocycles. The van der Waals surface area contributed by atoms with Crippen molar-refractivity contribution in [2.24, 2.45) is 7.05 Å². The molecule has 0 atom stereocenters. The van der Waals surface area contributed by atoms with Gasteiger partial charge in [0.1, 0.15) is 11.5 Å². The number of nitrogens with zero attached hydrogens (tertiary/aromatic N) is 5. The van der Waals surface area contributed by atoms with Gasteiger partial charge in [-0.3, -0.25) is 18.8 Å². The van der Waals surface area contributed by atoms with Crippen molar-refractivity contribution in [3.8, 4) is 17.1 Å². The largest absolute Gasteiger partial charge is 0.320 e. The van der Waals surface area contributed by atoms with Crippen LogP contribution in [-0.2, 0) is 11.8 Å². The number of halogens is 1. The number of carbonyl (C=O) groups excluding carboxylic acids is 1. The van der Waals surface area contributed by atoms with Crippen molar-refractivity contribution in [1.29, 1.82) is 0 Å². The molecular formula is C25H25FN6O2S. The van der Waals surface area contributed by atoms with Crippen molar-refractivity contribution in [3.05, 3.63) is 76.5 Å². The third kappa shape index (κ3) is 4.53. The predicted molar refractivity (Wildman–Crippen MR) is 133 cm³/mol. The zero-order chi connectivity index (χ0) is 24.5. The smallest absolute Gasteiger partial charge is 0.295 e. The monoisotopic (exact) mass is 492 g/mol. The molecule has 2 heterocycles. The van der Waals surface area contributed by atoms with Gasteiger partial charge in [0.05, 0.1) is 16.9 Å².